The standard InChI is InChI=1S/C14H22N4/c1-12(2)11-18(8-7-17(3)4)14-6-5-13(9-15)10-16-14/h5-6,10,12H,7-8,11H2,1-4H3. The lowest BCUT2D eigenvalue weighted by atomic mass is 10.2. The SMILES string of the molecule is CC(C)CN(CCN(C)C)c1ccc(C#N)cn1. The molecule has 1 heterocycles. The molecule has 0 unspecified atom stereocenters. The van der Waals surface area contributed by atoms with Crippen LogP contribution in [0, 0.1) is 17.2 Å². The van der Waals surface area contributed by atoms with Crippen LogP contribution in [-0.4, -0.2) is 43.6 Å². The maximum atomic E-state index is 8.78. The average molecular weight is 246 g/mol. The molecule has 0 N–H and O–H groups in total. The van der Waals surface area contributed by atoms with E-state index in [9.17, 15) is 0 Å². The number of rotatable bonds is 6. The van der Waals surface area contributed by atoms with Crippen LogP contribution in [0.3, 0.4) is 0 Å². The number of nitriles is 1. The number of anilines is 1. The van der Waals surface area contributed by atoms with E-state index < -0.39 is 0 Å². The summed E-state index contributed by atoms with van der Waals surface area (Å²) in [7, 11) is 4.14. The quantitative estimate of drug-likeness (QED) is 0.770. The van der Waals surface area contributed by atoms with Crippen molar-refractivity contribution in [1.29, 1.82) is 5.26 Å². The molecule has 0 aliphatic rings. The first kappa shape index (κ1) is 14.5. The van der Waals surface area contributed by atoms with Gasteiger partial charge in [0.1, 0.15) is 11.9 Å². The number of pyridine rings is 1. The van der Waals surface area contributed by atoms with Gasteiger partial charge in [-0.25, -0.2) is 4.98 Å². The lowest BCUT2D eigenvalue weighted by molar-refractivity contribution is 0.408. The number of likely N-dealkylation sites (N-methyl/N-ethyl adjacent to an activating group) is 1. The molecule has 98 valence electrons. The third-order valence-electron chi connectivity index (χ3n) is 2.60. The minimum absolute atomic E-state index is 0.588. The van der Waals surface area contributed by atoms with Gasteiger partial charge in [-0.3, -0.25) is 0 Å². The van der Waals surface area contributed by atoms with Crippen molar-refractivity contribution >= 4 is 5.82 Å². The monoisotopic (exact) mass is 246 g/mol. The third kappa shape index (κ3) is 4.72. The molecule has 4 heteroatoms. The summed E-state index contributed by atoms with van der Waals surface area (Å²) >= 11 is 0. The van der Waals surface area contributed by atoms with E-state index in [1.807, 2.05) is 12.1 Å². The summed E-state index contributed by atoms with van der Waals surface area (Å²) in [4.78, 5) is 8.80. The van der Waals surface area contributed by atoms with Gasteiger partial charge in [0.2, 0.25) is 0 Å². The van der Waals surface area contributed by atoms with Crippen molar-refractivity contribution in [1.82, 2.24) is 9.88 Å². The largest absolute Gasteiger partial charge is 0.355 e. The Hall–Kier alpha value is -1.60. The molecule has 0 atom stereocenters. The van der Waals surface area contributed by atoms with Gasteiger partial charge in [-0.1, -0.05) is 13.8 Å². The molecule has 1 aromatic heterocycles. The molecule has 0 bridgehead atoms. The highest BCUT2D eigenvalue weighted by molar-refractivity contribution is 5.41. The summed E-state index contributed by atoms with van der Waals surface area (Å²) < 4.78 is 0. The van der Waals surface area contributed by atoms with E-state index in [1.54, 1.807) is 6.20 Å². The second-order valence-corrected chi connectivity index (χ2v) is 5.16. The zero-order valence-electron chi connectivity index (χ0n) is 11.7. The zero-order valence-corrected chi connectivity index (χ0v) is 11.7. The highest BCUT2D eigenvalue weighted by Crippen LogP contribution is 2.13. The van der Waals surface area contributed by atoms with Gasteiger partial charge >= 0.3 is 0 Å². The Kier molecular flexibility index (Phi) is 5.60. The second kappa shape index (κ2) is 6.97. The summed E-state index contributed by atoms with van der Waals surface area (Å²) in [6, 6.07) is 5.85. The first-order valence-corrected chi connectivity index (χ1v) is 6.28. The maximum Gasteiger partial charge on any atom is 0.128 e. The number of aromatic nitrogens is 1. The van der Waals surface area contributed by atoms with Gasteiger partial charge < -0.3 is 9.80 Å². The van der Waals surface area contributed by atoms with Crippen molar-refractivity contribution in [2.24, 2.45) is 5.92 Å². The van der Waals surface area contributed by atoms with Crippen LogP contribution in [-0.2, 0) is 0 Å². The fourth-order valence-corrected chi connectivity index (χ4v) is 1.70. The van der Waals surface area contributed by atoms with Gasteiger partial charge in [0.15, 0.2) is 0 Å². The van der Waals surface area contributed by atoms with E-state index in [0.29, 0.717) is 11.5 Å². The van der Waals surface area contributed by atoms with E-state index in [0.717, 1.165) is 25.5 Å². The molecule has 1 aromatic rings. The van der Waals surface area contributed by atoms with Crippen LogP contribution in [0.1, 0.15) is 19.4 Å². The average Bonchev–Trinajstić information content (AvgIpc) is 2.34. The summed E-state index contributed by atoms with van der Waals surface area (Å²) in [5, 5.41) is 8.78. The molecule has 0 radical (unpaired) electrons. The van der Waals surface area contributed by atoms with E-state index in [1.165, 1.54) is 0 Å². The van der Waals surface area contributed by atoms with Gasteiger partial charge in [-0.05, 0) is 32.1 Å². The van der Waals surface area contributed by atoms with Gasteiger partial charge in [-0.15, -0.1) is 0 Å². The first-order valence-electron chi connectivity index (χ1n) is 6.28. The Bertz CT molecular complexity index is 389. The summed E-state index contributed by atoms with van der Waals surface area (Å²) in [6.45, 7) is 7.32. The fourth-order valence-electron chi connectivity index (χ4n) is 1.70. The van der Waals surface area contributed by atoms with Crippen molar-refractivity contribution in [2.45, 2.75) is 13.8 Å². The highest BCUT2D eigenvalue weighted by atomic mass is 15.2. The zero-order chi connectivity index (χ0) is 13.5. The van der Waals surface area contributed by atoms with Crippen LogP contribution in [0.4, 0.5) is 5.82 Å². The van der Waals surface area contributed by atoms with Crippen LogP contribution in [0.5, 0.6) is 0 Å². The lowest BCUT2D eigenvalue weighted by Crippen LogP contribution is -2.34. The van der Waals surface area contributed by atoms with Crippen LogP contribution >= 0.6 is 0 Å². The van der Waals surface area contributed by atoms with E-state index in [-0.39, 0.29) is 0 Å². The Balaban J connectivity index is 2.77. The lowest BCUT2D eigenvalue weighted by Gasteiger charge is -2.27. The number of nitrogens with zero attached hydrogens (tertiary/aromatic N) is 4. The molecule has 0 saturated heterocycles. The Morgan fingerprint density at radius 1 is 1.28 bits per heavy atom. The Morgan fingerprint density at radius 2 is 2.00 bits per heavy atom. The fraction of sp³-hybridized carbons (Fsp3) is 0.571. The highest BCUT2D eigenvalue weighted by Gasteiger charge is 2.10. The molecule has 0 fully saturated rings. The summed E-state index contributed by atoms with van der Waals surface area (Å²) in [6.07, 6.45) is 1.64. The molecule has 0 aliphatic heterocycles. The summed E-state index contributed by atoms with van der Waals surface area (Å²) in [5.41, 5.74) is 0.607. The number of hydrogen-bond donors (Lipinski definition) is 0. The van der Waals surface area contributed by atoms with Gasteiger partial charge in [0.25, 0.3) is 0 Å². The second-order valence-electron chi connectivity index (χ2n) is 5.16. The molecule has 18 heavy (non-hydrogen) atoms. The predicted molar refractivity (Wildman–Crippen MR) is 74.6 cm³/mol. The van der Waals surface area contributed by atoms with Gasteiger partial charge in [-0.2, -0.15) is 5.26 Å². The molecular weight excluding hydrogens is 224 g/mol. The molecule has 0 aromatic carbocycles. The van der Waals surface area contributed by atoms with Gasteiger partial charge in [0.05, 0.1) is 5.56 Å². The molecule has 0 saturated carbocycles. The summed E-state index contributed by atoms with van der Waals surface area (Å²) in [5.74, 6) is 1.54. The minimum Gasteiger partial charge on any atom is -0.355 e. The van der Waals surface area contributed by atoms with Crippen molar-refractivity contribution in [3.05, 3.63) is 23.9 Å². The minimum atomic E-state index is 0.588. The van der Waals surface area contributed by atoms with Crippen LogP contribution in [0.15, 0.2) is 18.3 Å². The van der Waals surface area contributed by atoms with Crippen molar-refractivity contribution in [3.63, 3.8) is 0 Å². The molecular formula is C14H22N4. The maximum absolute atomic E-state index is 8.78. The van der Waals surface area contributed by atoms with Crippen LogP contribution in [0.25, 0.3) is 0 Å². The van der Waals surface area contributed by atoms with Crippen LogP contribution in [0.2, 0.25) is 0 Å². The molecule has 1 rings (SSSR count). The van der Waals surface area contributed by atoms with Crippen LogP contribution < -0.4 is 4.90 Å². The third-order valence-corrected chi connectivity index (χ3v) is 2.60. The predicted octanol–water partition coefficient (Wildman–Crippen LogP) is 1.98. The van der Waals surface area contributed by atoms with E-state index in [4.69, 9.17) is 5.26 Å². The van der Waals surface area contributed by atoms with Crippen molar-refractivity contribution in [2.75, 3.05) is 38.6 Å². The smallest absolute Gasteiger partial charge is 0.128 e. The molecule has 0 spiro atoms. The molecule has 0 amide bonds. The Labute approximate surface area is 110 Å². The van der Waals surface area contributed by atoms with Crippen molar-refractivity contribution < 1.29 is 0 Å². The Morgan fingerprint density at radius 3 is 2.44 bits per heavy atom. The number of hydrogen-bond acceptors (Lipinski definition) is 4. The van der Waals surface area contributed by atoms with Gasteiger partial charge in [0, 0.05) is 25.8 Å². The topological polar surface area (TPSA) is 43.2 Å². The normalized spacial score (nSPS) is 10.7. The molecule has 0 aliphatic carbocycles. The van der Waals surface area contributed by atoms with E-state index in [2.05, 4.69) is 48.8 Å². The molecule has 4 nitrogen and oxygen atoms in total. The first-order chi connectivity index (χ1) is 8.52. The van der Waals surface area contributed by atoms with E-state index >= 15 is 0 Å². The van der Waals surface area contributed by atoms with Crippen molar-refractivity contribution in [3.8, 4) is 6.07 Å².